The number of hydrogen-bond donors (Lipinski definition) is 0. The summed E-state index contributed by atoms with van der Waals surface area (Å²) in [6, 6.07) is 13.2. The third-order valence-corrected chi connectivity index (χ3v) is 3.12. The van der Waals surface area contributed by atoms with Crippen LogP contribution in [0.15, 0.2) is 48.5 Å². The number of hydrogen-bond acceptors (Lipinski definition) is 2. The number of halogens is 2. The third-order valence-electron chi connectivity index (χ3n) is 3.12. The van der Waals surface area contributed by atoms with Gasteiger partial charge in [-0.25, -0.2) is 8.78 Å². The molecule has 0 fully saturated rings. The molecule has 0 heterocycles. The standard InChI is InChI=1S/C16H15F2NO/c1-19(12-6-3-2-4-7-12)11-10-15(20)13-8-5-9-14(17)16(13)18/h2-9H,10-11H2,1H3. The molecule has 0 aromatic heterocycles. The summed E-state index contributed by atoms with van der Waals surface area (Å²) in [4.78, 5) is 13.8. The zero-order valence-corrected chi connectivity index (χ0v) is 11.1. The number of para-hydroxylation sites is 1. The van der Waals surface area contributed by atoms with Crippen LogP contribution in [0.2, 0.25) is 0 Å². The molecular formula is C16H15F2NO. The summed E-state index contributed by atoms with van der Waals surface area (Å²) in [6.45, 7) is 0.443. The Kier molecular flexibility index (Phi) is 4.45. The minimum Gasteiger partial charge on any atom is -0.374 e. The Morgan fingerprint density at radius 3 is 2.45 bits per heavy atom. The first-order valence-corrected chi connectivity index (χ1v) is 6.33. The second kappa shape index (κ2) is 6.28. The average molecular weight is 275 g/mol. The fraction of sp³-hybridized carbons (Fsp3) is 0.188. The van der Waals surface area contributed by atoms with E-state index in [9.17, 15) is 13.6 Å². The van der Waals surface area contributed by atoms with Crippen LogP contribution >= 0.6 is 0 Å². The van der Waals surface area contributed by atoms with E-state index in [-0.39, 0.29) is 12.0 Å². The van der Waals surface area contributed by atoms with Crippen molar-refractivity contribution in [2.45, 2.75) is 6.42 Å². The molecule has 4 heteroatoms. The minimum absolute atomic E-state index is 0.131. The van der Waals surface area contributed by atoms with Crippen LogP contribution in [0.5, 0.6) is 0 Å². The largest absolute Gasteiger partial charge is 0.374 e. The molecule has 0 saturated carbocycles. The van der Waals surface area contributed by atoms with Gasteiger partial charge in [-0.2, -0.15) is 0 Å². The Morgan fingerprint density at radius 2 is 1.75 bits per heavy atom. The quantitative estimate of drug-likeness (QED) is 0.776. The van der Waals surface area contributed by atoms with Crippen molar-refractivity contribution in [3.05, 3.63) is 65.7 Å². The number of carbonyl (C=O) groups is 1. The number of carbonyl (C=O) groups excluding carboxylic acids is 1. The number of anilines is 1. The van der Waals surface area contributed by atoms with Gasteiger partial charge >= 0.3 is 0 Å². The highest BCUT2D eigenvalue weighted by molar-refractivity contribution is 5.96. The minimum atomic E-state index is -1.07. The molecule has 0 aliphatic heterocycles. The molecule has 2 aromatic rings. The summed E-state index contributed by atoms with van der Waals surface area (Å²) in [5, 5.41) is 0. The van der Waals surface area contributed by atoms with Crippen molar-refractivity contribution in [1.82, 2.24) is 0 Å². The first kappa shape index (κ1) is 14.2. The Bertz CT molecular complexity index is 599. The zero-order chi connectivity index (χ0) is 14.5. The van der Waals surface area contributed by atoms with Crippen LogP contribution in [0.4, 0.5) is 14.5 Å². The second-order valence-electron chi connectivity index (χ2n) is 4.53. The fourth-order valence-electron chi connectivity index (χ4n) is 1.93. The molecule has 2 rings (SSSR count). The van der Waals surface area contributed by atoms with Gasteiger partial charge in [0.05, 0.1) is 5.56 Å². The summed E-state index contributed by atoms with van der Waals surface area (Å²) in [6.07, 6.45) is 0.131. The molecule has 0 aliphatic rings. The van der Waals surface area contributed by atoms with E-state index in [4.69, 9.17) is 0 Å². The lowest BCUT2D eigenvalue weighted by molar-refractivity contribution is 0.0980. The summed E-state index contributed by atoms with van der Waals surface area (Å²) in [5.41, 5.74) is 0.784. The Morgan fingerprint density at radius 1 is 1.05 bits per heavy atom. The Labute approximate surface area is 116 Å². The van der Waals surface area contributed by atoms with Crippen molar-refractivity contribution < 1.29 is 13.6 Å². The lowest BCUT2D eigenvalue weighted by Gasteiger charge is -2.18. The van der Waals surface area contributed by atoms with Crippen molar-refractivity contribution in [3.63, 3.8) is 0 Å². The number of Topliss-reactive ketones (excluding diaryl/α,β-unsaturated/α-hetero) is 1. The maximum absolute atomic E-state index is 13.5. The van der Waals surface area contributed by atoms with Gasteiger partial charge in [0.25, 0.3) is 0 Å². The van der Waals surface area contributed by atoms with E-state index in [0.717, 1.165) is 11.8 Å². The molecule has 0 aliphatic carbocycles. The third kappa shape index (κ3) is 3.20. The van der Waals surface area contributed by atoms with E-state index in [2.05, 4.69) is 0 Å². The van der Waals surface area contributed by atoms with E-state index in [1.54, 1.807) is 0 Å². The maximum atomic E-state index is 13.5. The SMILES string of the molecule is CN(CCC(=O)c1cccc(F)c1F)c1ccccc1. The van der Waals surface area contributed by atoms with Crippen molar-refractivity contribution in [2.75, 3.05) is 18.5 Å². The smallest absolute Gasteiger partial charge is 0.169 e. The van der Waals surface area contributed by atoms with Crippen LogP contribution in [0.1, 0.15) is 16.8 Å². The van der Waals surface area contributed by atoms with Gasteiger partial charge in [-0.1, -0.05) is 24.3 Å². The maximum Gasteiger partial charge on any atom is 0.169 e. The molecule has 20 heavy (non-hydrogen) atoms. The molecule has 0 radical (unpaired) electrons. The van der Waals surface area contributed by atoms with Crippen molar-refractivity contribution in [3.8, 4) is 0 Å². The number of rotatable bonds is 5. The average Bonchev–Trinajstić information content (AvgIpc) is 2.48. The lowest BCUT2D eigenvalue weighted by Crippen LogP contribution is -2.21. The molecule has 0 bridgehead atoms. The fourth-order valence-corrected chi connectivity index (χ4v) is 1.93. The Hall–Kier alpha value is -2.23. The second-order valence-corrected chi connectivity index (χ2v) is 4.53. The number of nitrogens with zero attached hydrogens (tertiary/aromatic N) is 1. The highest BCUT2D eigenvalue weighted by Crippen LogP contribution is 2.15. The van der Waals surface area contributed by atoms with Gasteiger partial charge in [-0.15, -0.1) is 0 Å². The summed E-state index contributed by atoms with van der Waals surface area (Å²) in [5.74, 6) is -2.46. The highest BCUT2D eigenvalue weighted by Gasteiger charge is 2.15. The molecular weight excluding hydrogens is 260 g/mol. The van der Waals surface area contributed by atoms with E-state index >= 15 is 0 Å². The van der Waals surface area contributed by atoms with Crippen molar-refractivity contribution in [2.24, 2.45) is 0 Å². The predicted molar refractivity (Wildman–Crippen MR) is 75.0 cm³/mol. The van der Waals surface area contributed by atoms with Crippen LogP contribution < -0.4 is 4.90 Å². The molecule has 0 saturated heterocycles. The van der Waals surface area contributed by atoms with Crippen LogP contribution in [-0.4, -0.2) is 19.4 Å². The van der Waals surface area contributed by atoms with Gasteiger partial charge in [0, 0.05) is 25.7 Å². The zero-order valence-electron chi connectivity index (χ0n) is 11.1. The number of benzene rings is 2. The molecule has 0 unspecified atom stereocenters. The first-order chi connectivity index (χ1) is 9.59. The van der Waals surface area contributed by atoms with Crippen LogP contribution in [0, 0.1) is 11.6 Å². The summed E-state index contributed by atoms with van der Waals surface area (Å²) >= 11 is 0. The topological polar surface area (TPSA) is 20.3 Å². The van der Waals surface area contributed by atoms with Crippen molar-refractivity contribution in [1.29, 1.82) is 0 Å². The van der Waals surface area contributed by atoms with E-state index in [0.29, 0.717) is 6.54 Å². The van der Waals surface area contributed by atoms with E-state index in [1.165, 1.54) is 12.1 Å². The van der Waals surface area contributed by atoms with Crippen LogP contribution in [0.25, 0.3) is 0 Å². The monoisotopic (exact) mass is 275 g/mol. The van der Waals surface area contributed by atoms with Gasteiger partial charge in [-0.05, 0) is 24.3 Å². The lowest BCUT2D eigenvalue weighted by atomic mass is 10.1. The van der Waals surface area contributed by atoms with Gasteiger partial charge in [-0.3, -0.25) is 4.79 Å². The number of ketones is 1. The van der Waals surface area contributed by atoms with Crippen LogP contribution in [-0.2, 0) is 0 Å². The highest BCUT2D eigenvalue weighted by atomic mass is 19.2. The van der Waals surface area contributed by atoms with E-state index in [1.807, 2.05) is 42.3 Å². The normalized spacial score (nSPS) is 10.3. The van der Waals surface area contributed by atoms with Gasteiger partial charge in [0.15, 0.2) is 17.4 Å². The predicted octanol–water partition coefficient (Wildman–Crippen LogP) is 3.67. The molecule has 104 valence electrons. The van der Waals surface area contributed by atoms with E-state index < -0.39 is 17.4 Å². The molecule has 0 N–H and O–H groups in total. The van der Waals surface area contributed by atoms with Crippen molar-refractivity contribution >= 4 is 11.5 Å². The summed E-state index contributed by atoms with van der Waals surface area (Å²) in [7, 11) is 1.85. The summed E-state index contributed by atoms with van der Waals surface area (Å²) < 4.78 is 26.6. The molecule has 0 atom stereocenters. The van der Waals surface area contributed by atoms with Gasteiger partial charge in [0.2, 0.25) is 0 Å². The first-order valence-electron chi connectivity index (χ1n) is 6.33. The van der Waals surface area contributed by atoms with Gasteiger partial charge < -0.3 is 4.90 Å². The molecule has 2 nitrogen and oxygen atoms in total. The van der Waals surface area contributed by atoms with Gasteiger partial charge in [0.1, 0.15) is 0 Å². The molecule has 0 spiro atoms. The van der Waals surface area contributed by atoms with Crippen LogP contribution in [0.3, 0.4) is 0 Å². The molecule has 0 amide bonds. The molecule has 2 aromatic carbocycles. The Balaban J connectivity index is 2.01.